The van der Waals surface area contributed by atoms with Crippen LogP contribution in [0, 0.1) is 0 Å². The van der Waals surface area contributed by atoms with Crippen LogP contribution in [0.25, 0.3) is 6.08 Å². The van der Waals surface area contributed by atoms with E-state index >= 15 is 0 Å². The van der Waals surface area contributed by atoms with Crippen molar-refractivity contribution in [3.63, 3.8) is 0 Å². The van der Waals surface area contributed by atoms with Crippen LogP contribution >= 0.6 is 11.6 Å². The third-order valence-corrected chi connectivity index (χ3v) is 2.10. The Balaban J connectivity index is 2.84. The highest BCUT2D eigenvalue weighted by atomic mass is 35.5. The second kappa shape index (κ2) is 5.87. The van der Waals surface area contributed by atoms with E-state index < -0.39 is 5.60 Å². The van der Waals surface area contributed by atoms with E-state index in [0.29, 0.717) is 11.4 Å². The number of halogens is 1. The van der Waals surface area contributed by atoms with Crippen molar-refractivity contribution in [1.29, 1.82) is 0 Å². The number of allylic oxidation sites excluding steroid dienone is 1. The van der Waals surface area contributed by atoms with Crippen molar-refractivity contribution in [2.24, 2.45) is 0 Å². The van der Waals surface area contributed by atoms with Gasteiger partial charge in [0.2, 0.25) is 0 Å². The lowest BCUT2D eigenvalue weighted by Gasteiger charge is -2.19. The number of benzene rings is 1. The number of alkyl halides is 1. The van der Waals surface area contributed by atoms with Crippen LogP contribution in [-0.4, -0.2) is 17.5 Å². The fraction of sp³-hybridized carbons (Fsp3) is 0.357. The summed E-state index contributed by atoms with van der Waals surface area (Å²) in [5.74, 6) is 0.148. The van der Waals surface area contributed by atoms with Gasteiger partial charge < -0.3 is 4.74 Å². The zero-order chi connectivity index (χ0) is 12.9. The molecular weight excluding hydrogens is 236 g/mol. The summed E-state index contributed by atoms with van der Waals surface area (Å²) < 4.78 is 5.29. The minimum atomic E-state index is -0.473. The van der Waals surface area contributed by atoms with Crippen molar-refractivity contribution in [3.05, 3.63) is 41.5 Å². The normalized spacial score (nSPS) is 11.8. The maximum Gasteiger partial charge on any atom is 0.338 e. The molecule has 0 aliphatic carbocycles. The third kappa shape index (κ3) is 5.05. The lowest BCUT2D eigenvalue weighted by Crippen LogP contribution is -2.23. The number of ether oxygens (including phenoxy) is 1. The quantitative estimate of drug-likeness (QED) is 0.603. The number of carbonyl (C=O) groups is 1. The Kier molecular flexibility index (Phi) is 4.76. The maximum atomic E-state index is 11.8. The molecule has 0 radical (unpaired) electrons. The molecule has 0 aliphatic rings. The number of esters is 1. The Labute approximate surface area is 107 Å². The number of hydrogen-bond donors (Lipinski definition) is 0. The summed E-state index contributed by atoms with van der Waals surface area (Å²) in [6, 6.07) is 7.27. The van der Waals surface area contributed by atoms with Gasteiger partial charge in [-0.25, -0.2) is 4.79 Å². The first-order valence-corrected chi connectivity index (χ1v) is 6.02. The maximum absolute atomic E-state index is 11.8. The van der Waals surface area contributed by atoms with Crippen molar-refractivity contribution < 1.29 is 9.53 Å². The molecule has 1 aromatic carbocycles. The SMILES string of the molecule is CC(C)(C)OC(=O)c1cccc(C=CCCl)c1. The predicted molar refractivity (Wildman–Crippen MR) is 71.4 cm³/mol. The van der Waals surface area contributed by atoms with E-state index in [0.717, 1.165) is 5.56 Å². The summed E-state index contributed by atoms with van der Waals surface area (Å²) in [6.07, 6.45) is 3.70. The van der Waals surface area contributed by atoms with Crippen molar-refractivity contribution in [2.75, 3.05) is 5.88 Å². The molecule has 0 spiro atoms. The van der Waals surface area contributed by atoms with Gasteiger partial charge in [-0.1, -0.05) is 24.3 Å². The molecule has 3 heteroatoms. The van der Waals surface area contributed by atoms with E-state index in [9.17, 15) is 4.79 Å². The molecule has 0 amide bonds. The average molecular weight is 253 g/mol. The summed E-state index contributed by atoms with van der Waals surface area (Å²) in [6.45, 7) is 5.55. The molecule has 0 atom stereocenters. The van der Waals surface area contributed by atoms with Gasteiger partial charge in [-0.2, -0.15) is 0 Å². The van der Waals surface area contributed by atoms with Crippen molar-refractivity contribution in [3.8, 4) is 0 Å². The van der Waals surface area contributed by atoms with Crippen LogP contribution in [0.5, 0.6) is 0 Å². The molecule has 0 fully saturated rings. The Hall–Kier alpha value is -1.28. The molecule has 1 aromatic rings. The second-order valence-corrected chi connectivity index (χ2v) is 4.99. The van der Waals surface area contributed by atoms with Gasteiger partial charge in [-0.3, -0.25) is 0 Å². The summed E-state index contributed by atoms with van der Waals surface area (Å²) in [4.78, 5) is 11.8. The lowest BCUT2D eigenvalue weighted by atomic mass is 10.1. The Morgan fingerprint density at radius 1 is 1.41 bits per heavy atom. The Bertz CT molecular complexity index is 416. The second-order valence-electron chi connectivity index (χ2n) is 4.68. The van der Waals surface area contributed by atoms with Gasteiger partial charge >= 0.3 is 5.97 Å². The Morgan fingerprint density at radius 2 is 2.12 bits per heavy atom. The van der Waals surface area contributed by atoms with Gasteiger partial charge in [0.25, 0.3) is 0 Å². The van der Waals surface area contributed by atoms with Gasteiger partial charge in [-0.15, -0.1) is 11.6 Å². The fourth-order valence-corrected chi connectivity index (χ4v) is 1.38. The largest absolute Gasteiger partial charge is 0.456 e. The van der Waals surface area contributed by atoms with E-state index in [2.05, 4.69) is 0 Å². The van der Waals surface area contributed by atoms with E-state index in [1.807, 2.05) is 45.1 Å². The minimum absolute atomic E-state index is 0.307. The number of carbonyl (C=O) groups excluding carboxylic acids is 1. The van der Waals surface area contributed by atoms with Crippen LogP contribution in [0.4, 0.5) is 0 Å². The summed E-state index contributed by atoms with van der Waals surface area (Å²) in [5, 5.41) is 0. The average Bonchev–Trinajstić information content (AvgIpc) is 2.24. The Morgan fingerprint density at radius 3 is 2.71 bits per heavy atom. The van der Waals surface area contributed by atoms with Crippen LogP contribution < -0.4 is 0 Å². The standard InChI is InChI=1S/C14H17ClO2/c1-14(2,3)17-13(16)12-8-4-6-11(10-12)7-5-9-15/h4-8,10H,9H2,1-3H3. The van der Waals surface area contributed by atoms with Crippen LogP contribution in [0.15, 0.2) is 30.3 Å². The van der Waals surface area contributed by atoms with Crippen molar-refractivity contribution >= 4 is 23.6 Å². The molecule has 17 heavy (non-hydrogen) atoms. The molecule has 0 unspecified atom stereocenters. The van der Waals surface area contributed by atoms with Gasteiger partial charge in [0, 0.05) is 5.88 Å². The molecule has 1 rings (SSSR count). The van der Waals surface area contributed by atoms with Gasteiger partial charge in [0.1, 0.15) is 5.60 Å². The third-order valence-electron chi connectivity index (χ3n) is 1.92. The van der Waals surface area contributed by atoms with Gasteiger partial charge in [0.05, 0.1) is 5.56 Å². The highest BCUT2D eigenvalue weighted by Crippen LogP contribution is 2.14. The van der Waals surface area contributed by atoms with Crippen molar-refractivity contribution in [2.45, 2.75) is 26.4 Å². The van der Waals surface area contributed by atoms with E-state index in [1.165, 1.54) is 0 Å². The first kappa shape index (κ1) is 13.8. The van der Waals surface area contributed by atoms with E-state index in [-0.39, 0.29) is 5.97 Å². The summed E-state index contributed by atoms with van der Waals surface area (Å²) in [7, 11) is 0. The topological polar surface area (TPSA) is 26.3 Å². The molecule has 0 aromatic heterocycles. The highest BCUT2D eigenvalue weighted by Gasteiger charge is 2.17. The van der Waals surface area contributed by atoms with Crippen LogP contribution in [0.1, 0.15) is 36.7 Å². The van der Waals surface area contributed by atoms with Crippen molar-refractivity contribution in [1.82, 2.24) is 0 Å². The predicted octanol–water partition coefficient (Wildman–Crippen LogP) is 3.89. The first-order chi connectivity index (χ1) is 7.92. The summed E-state index contributed by atoms with van der Waals surface area (Å²) in [5.41, 5.74) is 1.02. The molecule has 0 saturated carbocycles. The van der Waals surface area contributed by atoms with Crippen LogP contribution in [-0.2, 0) is 4.74 Å². The van der Waals surface area contributed by atoms with Gasteiger partial charge in [0.15, 0.2) is 0 Å². The lowest BCUT2D eigenvalue weighted by molar-refractivity contribution is 0.00695. The van der Waals surface area contributed by atoms with Crippen LogP contribution in [0.3, 0.4) is 0 Å². The molecule has 0 N–H and O–H groups in total. The fourth-order valence-electron chi connectivity index (χ4n) is 1.29. The number of hydrogen-bond acceptors (Lipinski definition) is 2. The molecule has 0 bridgehead atoms. The van der Waals surface area contributed by atoms with E-state index in [1.54, 1.807) is 12.1 Å². The van der Waals surface area contributed by atoms with Crippen LogP contribution in [0.2, 0.25) is 0 Å². The van der Waals surface area contributed by atoms with E-state index in [4.69, 9.17) is 16.3 Å². The first-order valence-electron chi connectivity index (χ1n) is 5.48. The minimum Gasteiger partial charge on any atom is -0.456 e. The molecular formula is C14H17ClO2. The molecule has 92 valence electrons. The molecule has 0 heterocycles. The van der Waals surface area contributed by atoms with Gasteiger partial charge in [-0.05, 0) is 38.5 Å². The highest BCUT2D eigenvalue weighted by molar-refractivity contribution is 6.19. The molecule has 0 saturated heterocycles. The molecule has 0 aliphatic heterocycles. The zero-order valence-electron chi connectivity index (χ0n) is 10.4. The number of rotatable bonds is 3. The molecule has 2 nitrogen and oxygen atoms in total. The summed E-state index contributed by atoms with van der Waals surface area (Å²) >= 11 is 5.56. The smallest absolute Gasteiger partial charge is 0.338 e. The zero-order valence-corrected chi connectivity index (χ0v) is 11.1. The monoisotopic (exact) mass is 252 g/mol.